The number of aromatic nitrogens is 2. The number of nitrogens with zero attached hydrogens (tertiary/aromatic N) is 3. The molecule has 2 aromatic carbocycles. The fourth-order valence-corrected chi connectivity index (χ4v) is 3.54. The lowest BCUT2D eigenvalue weighted by Gasteiger charge is -2.27. The quantitative estimate of drug-likeness (QED) is 0.545. The largest absolute Gasteiger partial charge is 0.378 e. The molecule has 4 rings (SSSR count). The van der Waals surface area contributed by atoms with Crippen molar-refractivity contribution in [3.63, 3.8) is 0 Å². The van der Waals surface area contributed by atoms with Crippen molar-refractivity contribution < 1.29 is 9.53 Å². The molecule has 166 valence electrons. The first-order valence-corrected chi connectivity index (χ1v) is 10.7. The molecule has 1 saturated heterocycles. The summed E-state index contributed by atoms with van der Waals surface area (Å²) in [5, 5.41) is 9.07. The second-order valence-electron chi connectivity index (χ2n) is 7.89. The van der Waals surface area contributed by atoms with Gasteiger partial charge in [-0.2, -0.15) is 4.98 Å². The van der Waals surface area contributed by atoms with Crippen LogP contribution in [0, 0.1) is 20.8 Å². The van der Waals surface area contributed by atoms with E-state index in [-0.39, 0.29) is 6.03 Å². The lowest BCUT2D eigenvalue weighted by Crippen LogP contribution is -2.37. The van der Waals surface area contributed by atoms with Crippen molar-refractivity contribution in [2.45, 2.75) is 20.8 Å². The van der Waals surface area contributed by atoms with Gasteiger partial charge in [-0.15, -0.1) is 0 Å². The number of benzene rings is 2. The Balaban J connectivity index is 1.38. The molecule has 2 heterocycles. The van der Waals surface area contributed by atoms with Gasteiger partial charge in [0, 0.05) is 41.9 Å². The van der Waals surface area contributed by atoms with Crippen molar-refractivity contribution >= 4 is 34.9 Å². The minimum Gasteiger partial charge on any atom is -0.378 e. The topological polar surface area (TPSA) is 91.4 Å². The molecule has 3 aromatic rings. The van der Waals surface area contributed by atoms with Gasteiger partial charge in [-0.3, -0.25) is 0 Å². The van der Waals surface area contributed by atoms with E-state index in [1.54, 1.807) is 0 Å². The number of amides is 2. The van der Waals surface area contributed by atoms with E-state index in [2.05, 4.69) is 30.8 Å². The van der Waals surface area contributed by atoms with Gasteiger partial charge in [0.15, 0.2) is 0 Å². The Labute approximate surface area is 188 Å². The van der Waals surface area contributed by atoms with Crippen LogP contribution in [0.25, 0.3) is 0 Å². The number of anilines is 5. The van der Waals surface area contributed by atoms with E-state index in [0.717, 1.165) is 47.1 Å². The molecule has 1 aromatic heterocycles. The fourth-order valence-electron chi connectivity index (χ4n) is 3.54. The molecule has 0 spiro atoms. The molecule has 0 unspecified atom stereocenters. The first-order valence-electron chi connectivity index (χ1n) is 10.7. The van der Waals surface area contributed by atoms with Crippen LogP contribution in [0.1, 0.15) is 16.8 Å². The summed E-state index contributed by atoms with van der Waals surface area (Å²) in [6.07, 6.45) is 0. The maximum atomic E-state index is 12.4. The zero-order valence-corrected chi connectivity index (χ0v) is 18.6. The van der Waals surface area contributed by atoms with Crippen LogP contribution in [-0.2, 0) is 4.74 Å². The Bertz CT molecular complexity index is 1090. The van der Waals surface area contributed by atoms with Gasteiger partial charge in [-0.25, -0.2) is 9.78 Å². The Morgan fingerprint density at radius 3 is 2.34 bits per heavy atom. The van der Waals surface area contributed by atoms with E-state index in [1.165, 1.54) is 0 Å². The highest BCUT2D eigenvalue weighted by Crippen LogP contribution is 2.21. The number of nitrogens with one attached hydrogen (secondary N) is 3. The lowest BCUT2D eigenvalue weighted by atomic mass is 10.1. The number of carbonyl (C=O) groups is 1. The number of hydrogen-bond donors (Lipinski definition) is 3. The molecular weight excluding hydrogens is 404 g/mol. The zero-order chi connectivity index (χ0) is 22.5. The number of morpholine rings is 1. The third-order valence-electron chi connectivity index (χ3n) is 5.18. The molecule has 8 nitrogen and oxygen atoms in total. The maximum Gasteiger partial charge on any atom is 0.323 e. The summed E-state index contributed by atoms with van der Waals surface area (Å²) in [5.41, 5.74) is 5.44. The van der Waals surface area contributed by atoms with Gasteiger partial charge in [0.1, 0.15) is 5.82 Å². The Morgan fingerprint density at radius 2 is 1.62 bits per heavy atom. The van der Waals surface area contributed by atoms with Crippen molar-refractivity contribution in [2.75, 3.05) is 47.2 Å². The second kappa shape index (κ2) is 9.65. The summed E-state index contributed by atoms with van der Waals surface area (Å²) >= 11 is 0. The lowest BCUT2D eigenvalue weighted by molar-refractivity contribution is 0.122. The molecule has 32 heavy (non-hydrogen) atoms. The highest BCUT2D eigenvalue weighted by atomic mass is 16.5. The smallest absolute Gasteiger partial charge is 0.323 e. The van der Waals surface area contributed by atoms with Crippen molar-refractivity contribution in [3.8, 4) is 0 Å². The van der Waals surface area contributed by atoms with Gasteiger partial charge < -0.3 is 25.6 Å². The van der Waals surface area contributed by atoms with E-state index >= 15 is 0 Å². The molecule has 3 N–H and O–H groups in total. The average Bonchev–Trinajstić information content (AvgIpc) is 2.77. The monoisotopic (exact) mass is 432 g/mol. The van der Waals surface area contributed by atoms with Crippen LogP contribution in [0.3, 0.4) is 0 Å². The van der Waals surface area contributed by atoms with Gasteiger partial charge in [-0.05, 0) is 56.7 Å². The molecule has 0 radical (unpaired) electrons. The average molecular weight is 433 g/mol. The third kappa shape index (κ3) is 5.53. The van der Waals surface area contributed by atoms with Crippen molar-refractivity contribution in [2.24, 2.45) is 0 Å². The van der Waals surface area contributed by atoms with Crippen molar-refractivity contribution in [1.29, 1.82) is 0 Å². The highest BCUT2D eigenvalue weighted by Gasteiger charge is 2.15. The van der Waals surface area contributed by atoms with E-state index < -0.39 is 0 Å². The van der Waals surface area contributed by atoms with E-state index in [1.807, 2.05) is 69.3 Å². The number of urea groups is 1. The molecule has 8 heteroatoms. The predicted octanol–water partition coefficient (Wildman–Crippen LogP) is 4.63. The summed E-state index contributed by atoms with van der Waals surface area (Å²) in [6.45, 7) is 8.90. The first kappa shape index (κ1) is 21.6. The summed E-state index contributed by atoms with van der Waals surface area (Å²) < 4.78 is 5.41. The third-order valence-corrected chi connectivity index (χ3v) is 5.18. The van der Waals surface area contributed by atoms with Gasteiger partial charge in [0.05, 0.1) is 13.2 Å². The Kier molecular flexibility index (Phi) is 6.51. The molecule has 0 aliphatic carbocycles. The summed E-state index contributed by atoms with van der Waals surface area (Å²) in [4.78, 5) is 23.7. The Morgan fingerprint density at radius 1 is 0.906 bits per heavy atom. The van der Waals surface area contributed by atoms with Crippen LogP contribution in [0.5, 0.6) is 0 Å². The van der Waals surface area contributed by atoms with Crippen LogP contribution >= 0.6 is 0 Å². The minimum atomic E-state index is -0.278. The van der Waals surface area contributed by atoms with Gasteiger partial charge in [0.2, 0.25) is 5.95 Å². The van der Waals surface area contributed by atoms with Crippen molar-refractivity contribution in [3.05, 3.63) is 65.4 Å². The SMILES string of the molecule is Cc1ccc(NC(=O)Nc2ccc(Nc3cc(C)nc(N4CCOCC4)n3)cc2)c(C)c1. The summed E-state index contributed by atoms with van der Waals surface area (Å²) in [6, 6.07) is 15.1. The molecule has 0 bridgehead atoms. The molecule has 1 fully saturated rings. The van der Waals surface area contributed by atoms with Crippen molar-refractivity contribution in [1.82, 2.24) is 9.97 Å². The molecular formula is C24H28N6O2. The fraction of sp³-hybridized carbons (Fsp3) is 0.292. The van der Waals surface area contributed by atoms with Crippen LogP contribution in [0.15, 0.2) is 48.5 Å². The van der Waals surface area contributed by atoms with Crippen LogP contribution in [-0.4, -0.2) is 42.3 Å². The standard InChI is InChI=1S/C24H28N6O2/c1-16-4-9-21(17(2)14-16)28-24(31)27-20-7-5-19(6-8-20)26-22-15-18(3)25-23(29-22)30-10-12-32-13-11-30/h4-9,14-15H,10-13H2,1-3H3,(H,25,26,29)(H2,27,28,31). The highest BCUT2D eigenvalue weighted by molar-refractivity contribution is 6.00. The second-order valence-corrected chi connectivity index (χ2v) is 7.89. The number of carbonyl (C=O) groups excluding carboxylic acids is 1. The van der Waals surface area contributed by atoms with Gasteiger partial charge in [0.25, 0.3) is 0 Å². The maximum absolute atomic E-state index is 12.4. The van der Waals surface area contributed by atoms with Gasteiger partial charge >= 0.3 is 6.03 Å². The number of hydrogen-bond acceptors (Lipinski definition) is 6. The number of rotatable bonds is 5. The molecule has 0 atom stereocenters. The zero-order valence-electron chi connectivity index (χ0n) is 18.6. The Hall–Kier alpha value is -3.65. The van der Waals surface area contributed by atoms with Gasteiger partial charge in [-0.1, -0.05) is 17.7 Å². The first-order chi connectivity index (χ1) is 15.5. The molecule has 1 aliphatic rings. The summed E-state index contributed by atoms with van der Waals surface area (Å²) in [7, 11) is 0. The summed E-state index contributed by atoms with van der Waals surface area (Å²) in [5.74, 6) is 1.43. The molecule has 0 saturated carbocycles. The van der Waals surface area contributed by atoms with Crippen LogP contribution in [0.4, 0.5) is 33.6 Å². The number of aryl methyl sites for hydroxylation is 3. The molecule has 2 amide bonds. The van der Waals surface area contributed by atoms with Crippen LogP contribution < -0.4 is 20.9 Å². The van der Waals surface area contributed by atoms with E-state index in [0.29, 0.717) is 24.8 Å². The van der Waals surface area contributed by atoms with Crippen LogP contribution in [0.2, 0.25) is 0 Å². The van der Waals surface area contributed by atoms with E-state index in [4.69, 9.17) is 4.74 Å². The predicted molar refractivity (Wildman–Crippen MR) is 128 cm³/mol. The number of ether oxygens (including phenoxy) is 1. The van der Waals surface area contributed by atoms with E-state index in [9.17, 15) is 4.79 Å². The molecule has 1 aliphatic heterocycles. The minimum absolute atomic E-state index is 0.278. The normalized spacial score (nSPS) is 13.5.